The molecule has 1 aliphatic heterocycles. The number of benzene rings is 1. The van der Waals surface area contributed by atoms with E-state index in [0.29, 0.717) is 35.1 Å². The van der Waals surface area contributed by atoms with Gasteiger partial charge in [0.1, 0.15) is 0 Å². The van der Waals surface area contributed by atoms with Gasteiger partial charge in [0.15, 0.2) is 0 Å². The number of halogens is 2. The van der Waals surface area contributed by atoms with Gasteiger partial charge in [-0.2, -0.15) is 0 Å². The fraction of sp³-hybridized carbons (Fsp3) is 0.524. The molecule has 162 valence electrons. The Kier molecular flexibility index (Phi) is 6.72. The van der Waals surface area contributed by atoms with Crippen molar-refractivity contribution in [2.24, 2.45) is 23.7 Å². The zero-order valence-corrected chi connectivity index (χ0v) is 18.7. The van der Waals surface area contributed by atoms with Gasteiger partial charge in [-0.3, -0.25) is 24.1 Å². The number of amides is 4. The highest BCUT2D eigenvalue weighted by Gasteiger charge is 2.55. The summed E-state index contributed by atoms with van der Waals surface area (Å²) in [4.78, 5) is 53.6. The molecule has 0 bridgehead atoms. The average Bonchev–Trinajstić information content (AvgIpc) is 2.92. The number of carbonyl (C=O) groups is 4. The first-order valence-electron chi connectivity index (χ1n) is 10.0. The predicted molar refractivity (Wildman–Crippen MR) is 114 cm³/mol. The molecule has 9 heteroatoms. The summed E-state index contributed by atoms with van der Waals surface area (Å²) in [7, 11) is 1.47. The SMILES string of the molecule is CCN(CC(=O)Nc1c(Cl)cccc1Cl)C(=O)[C@H]1[C@H]2C(=O)N(C)C(=O)[C@@H]2CC[C@H]1C. The van der Waals surface area contributed by atoms with Crippen LogP contribution in [0.2, 0.25) is 10.0 Å². The molecule has 30 heavy (non-hydrogen) atoms. The lowest BCUT2D eigenvalue weighted by Crippen LogP contribution is -2.49. The summed E-state index contributed by atoms with van der Waals surface area (Å²) in [5, 5.41) is 3.25. The molecule has 1 heterocycles. The van der Waals surface area contributed by atoms with Gasteiger partial charge < -0.3 is 10.2 Å². The van der Waals surface area contributed by atoms with Crippen LogP contribution in [0.4, 0.5) is 5.69 Å². The number of hydrogen-bond donors (Lipinski definition) is 1. The highest BCUT2D eigenvalue weighted by Crippen LogP contribution is 2.45. The summed E-state index contributed by atoms with van der Waals surface area (Å²) in [6, 6.07) is 4.88. The minimum Gasteiger partial charge on any atom is -0.333 e. The summed E-state index contributed by atoms with van der Waals surface area (Å²) in [5.41, 5.74) is 0.290. The number of likely N-dealkylation sites (N-methyl/N-ethyl adjacent to an activating group) is 1. The standard InChI is InChI=1S/C21H25Cl2N3O4/c1-4-26(10-15(27)24-18-13(22)6-5-7-14(18)23)21(30)16-11(2)8-9-12-17(16)20(29)25(3)19(12)28/h5-7,11-12,16-17H,4,8-10H2,1-3H3,(H,24,27)/t11-,12-,16-,17+/m1/s1. The third-order valence-corrected chi connectivity index (χ3v) is 6.80. The number of carbonyl (C=O) groups excluding carboxylic acids is 4. The molecule has 0 spiro atoms. The van der Waals surface area contributed by atoms with Crippen LogP contribution in [0.25, 0.3) is 0 Å². The van der Waals surface area contributed by atoms with Crippen LogP contribution >= 0.6 is 23.2 Å². The van der Waals surface area contributed by atoms with E-state index in [0.717, 1.165) is 4.90 Å². The minimum absolute atomic E-state index is 0.0582. The van der Waals surface area contributed by atoms with Crippen molar-refractivity contribution in [2.45, 2.75) is 26.7 Å². The summed E-state index contributed by atoms with van der Waals surface area (Å²) in [6.07, 6.45) is 1.28. The number of hydrogen-bond acceptors (Lipinski definition) is 4. The summed E-state index contributed by atoms with van der Waals surface area (Å²) < 4.78 is 0. The molecule has 0 radical (unpaired) electrons. The molecule has 3 rings (SSSR count). The fourth-order valence-electron chi connectivity index (χ4n) is 4.51. The van der Waals surface area contributed by atoms with Crippen LogP contribution in [0.5, 0.6) is 0 Å². The number of nitrogens with one attached hydrogen (secondary N) is 1. The molecule has 1 aromatic carbocycles. The van der Waals surface area contributed by atoms with Crippen molar-refractivity contribution < 1.29 is 19.2 Å². The van der Waals surface area contributed by atoms with Crippen LogP contribution in [0.1, 0.15) is 26.7 Å². The molecule has 7 nitrogen and oxygen atoms in total. The Hall–Kier alpha value is -2.12. The van der Waals surface area contributed by atoms with E-state index in [1.807, 2.05) is 6.92 Å². The van der Waals surface area contributed by atoms with Gasteiger partial charge in [0.2, 0.25) is 23.6 Å². The molecular formula is C21H25Cl2N3O4. The monoisotopic (exact) mass is 453 g/mol. The van der Waals surface area contributed by atoms with Gasteiger partial charge in [0.05, 0.1) is 40.0 Å². The smallest absolute Gasteiger partial charge is 0.244 e. The Morgan fingerprint density at radius 1 is 1.17 bits per heavy atom. The van der Waals surface area contributed by atoms with Crippen molar-refractivity contribution in [1.82, 2.24) is 9.80 Å². The van der Waals surface area contributed by atoms with E-state index in [2.05, 4.69) is 5.32 Å². The number of likely N-dealkylation sites (tertiary alicyclic amines) is 1. The lowest BCUT2D eigenvalue weighted by molar-refractivity contribution is -0.148. The largest absolute Gasteiger partial charge is 0.333 e. The Labute approximate surface area is 185 Å². The second kappa shape index (κ2) is 8.94. The predicted octanol–water partition coefficient (Wildman–Crippen LogP) is 3.06. The maximum absolute atomic E-state index is 13.4. The Balaban J connectivity index is 1.77. The summed E-state index contributed by atoms with van der Waals surface area (Å²) >= 11 is 12.2. The van der Waals surface area contributed by atoms with Crippen molar-refractivity contribution in [2.75, 3.05) is 25.5 Å². The molecule has 1 aliphatic carbocycles. The maximum Gasteiger partial charge on any atom is 0.244 e. The van der Waals surface area contributed by atoms with Crippen molar-refractivity contribution in [3.05, 3.63) is 28.2 Å². The number of rotatable bonds is 5. The van der Waals surface area contributed by atoms with Crippen LogP contribution in [0.15, 0.2) is 18.2 Å². The minimum atomic E-state index is -0.658. The number of para-hydroxylation sites is 1. The number of anilines is 1. The second-order valence-corrected chi connectivity index (χ2v) is 8.76. The van der Waals surface area contributed by atoms with E-state index >= 15 is 0 Å². The van der Waals surface area contributed by atoms with Gasteiger partial charge >= 0.3 is 0 Å². The van der Waals surface area contributed by atoms with Crippen molar-refractivity contribution in [3.8, 4) is 0 Å². The highest BCUT2D eigenvalue weighted by atomic mass is 35.5. The van der Waals surface area contributed by atoms with E-state index < -0.39 is 23.7 Å². The molecule has 4 atom stereocenters. The quantitative estimate of drug-likeness (QED) is 0.693. The molecule has 4 amide bonds. The second-order valence-electron chi connectivity index (χ2n) is 7.95. The first-order valence-corrected chi connectivity index (χ1v) is 10.8. The van der Waals surface area contributed by atoms with Crippen molar-refractivity contribution in [3.63, 3.8) is 0 Å². The summed E-state index contributed by atoms with van der Waals surface area (Å²) in [5.74, 6) is -3.04. The van der Waals surface area contributed by atoms with Crippen LogP contribution in [-0.2, 0) is 19.2 Å². The van der Waals surface area contributed by atoms with Gasteiger partial charge in [-0.25, -0.2) is 0 Å². The molecule has 2 aliphatic rings. The fourth-order valence-corrected chi connectivity index (χ4v) is 5.00. The normalized spacial score (nSPS) is 25.8. The van der Waals surface area contributed by atoms with E-state index in [1.165, 1.54) is 11.9 Å². The van der Waals surface area contributed by atoms with Crippen molar-refractivity contribution >= 4 is 52.5 Å². The third kappa shape index (κ3) is 4.05. The Morgan fingerprint density at radius 3 is 2.40 bits per heavy atom. The van der Waals surface area contributed by atoms with Gasteiger partial charge in [-0.05, 0) is 37.8 Å². The Morgan fingerprint density at radius 2 is 1.80 bits per heavy atom. The average molecular weight is 454 g/mol. The topological polar surface area (TPSA) is 86.8 Å². The number of nitrogens with zero attached hydrogens (tertiary/aromatic N) is 2. The van der Waals surface area contributed by atoms with Gasteiger partial charge in [-0.15, -0.1) is 0 Å². The molecular weight excluding hydrogens is 429 g/mol. The molecule has 0 aromatic heterocycles. The van der Waals surface area contributed by atoms with E-state index in [4.69, 9.17) is 23.2 Å². The van der Waals surface area contributed by atoms with Gasteiger partial charge in [-0.1, -0.05) is 36.2 Å². The maximum atomic E-state index is 13.4. The number of imide groups is 1. The molecule has 1 saturated heterocycles. The number of fused-ring (bicyclic) bond motifs is 1. The Bertz CT molecular complexity index is 871. The molecule has 1 aromatic rings. The molecule has 0 unspecified atom stereocenters. The lowest BCUT2D eigenvalue weighted by Gasteiger charge is -2.37. The van der Waals surface area contributed by atoms with Gasteiger partial charge in [0, 0.05) is 13.6 Å². The van der Waals surface area contributed by atoms with E-state index in [1.54, 1.807) is 25.1 Å². The van der Waals surface area contributed by atoms with Crippen LogP contribution in [-0.4, -0.2) is 53.6 Å². The van der Waals surface area contributed by atoms with Crippen LogP contribution in [0, 0.1) is 23.7 Å². The van der Waals surface area contributed by atoms with Crippen molar-refractivity contribution in [1.29, 1.82) is 0 Å². The molecule has 2 fully saturated rings. The van der Waals surface area contributed by atoms with Gasteiger partial charge in [0.25, 0.3) is 0 Å². The first-order chi connectivity index (χ1) is 14.2. The van der Waals surface area contributed by atoms with E-state index in [-0.39, 0.29) is 30.2 Å². The summed E-state index contributed by atoms with van der Waals surface area (Å²) in [6.45, 7) is 3.79. The lowest BCUT2D eigenvalue weighted by atomic mass is 9.67. The van der Waals surface area contributed by atoms with E-state index in [9.17, 15) is 19.2 Å². The molecule has 1 saturated carbocycles. The van der Waals surface area contributed by atoms with Crippen LogP contribution in [0.3, 0.4) is 0 Å². The first kappa shape index (κ1) is 22.6. The molecule has 1 N–H and O–H groups in total. The third-order valence-electron chi connectivity index (χ3n) is 6.17. The van der Waals surface area contributed by atoms with Crippen LogP contribution < -0.4 is 5.32 Å². The zero-order valence-electron chi connectivity index (χ0n) is 17.2. The highest BCUT2D eigenvalue weighted by molar-refractivity contribution is 6.39. The zero-order chi connectivity index (χ0) is 22.2.